The SMILES string of the molecule is Cc1c(-c2cc3ccc(OCc4cccc(Cl)c4)cc3o2)oc(=O)c(C)c1O. The highest BCUT2D eigenvalue weighted by molar-refractivity contribution is 6.30. The minimum Gasteiger partial charge on any atom is -0.507 e. The van der Waals surface area contributed by atoms with Crippen molar-refractivity contribution >= 4 is 22.6 Å². The van der Waals surface area contributed by atoms with Crippen molar-refractivity contribution in [1.29, 1.82) is 0 Å². The van der Waals surface area contributed by atoms with Crippen LogP contribution in [0.2, 0.25) is 5.02 Å². The smallest absolute Gasteiger partial charge is 0.343 e. The molecule has 4 aromatic rings. The molecule has 0 atom stereocenters. The summed E-state index contributed by atoms with van der Waals surface area (Å²) in [4.78, 5) is 11.9. The first kappa shape index (κ1) is 18.2. The predicted octanol–water partition coefficient (Wildman–Crippen LogP) is 5.61. The predicted molar refractivity (Wildman–Crippen MR) is 107 cm³/mol. The van der Waals surface area contributed by atoms with Crippen molar-refractivity contribution in [3.8, 4) is 23.0 Å². The van der Waals surface area contributed by atoms with E-state index in [9.17, 15) is 9.90 Å². The molecule has 0 aliphatic carbocycles. The van der Waals surface area contributed by atoms with Crippen molar-refractivity contribution < 1.29 is 18.7 Å². The summed E-state index contributed by atoms with van der Waals surface area (Å²) < 4.78 is 17.0. The average molecular weight is 397 g/mol. The normalized spacial score (nSPS) is 11.1. The largest absolute Gasteiger partial charge is 0.507 e. The topological polar surface area (TPSA) is 72.8 Å². The monoisotopic (exact) mass is 396 g/mol. The van der Waals surface area contributed by atoms with E-state index in [-0.39, 0.29) is 17.1 Å². The van der Waals surface area contributed by atoms with Crippen molar-refractivity contribution in [3.05, 3.63) is 80.7 Å². The Hall–Kier alpha value is -3.18. The van der Waals surface area contributed by atoms with E-state index < -0.39 is 5.63 Å². The summed E-state index contributed by atoms with van der Waals surface area (Å²) in [7, 11) is 0. The van der Waals surface area contributed by atoms with Crippen molar-refractivity contribution in [2.24, 2.45) is 0 Å². The van der Waals surface area contributed by atoms with Crippen LogP contribution in [0.5, 0.6) is 11.5 Å². The summed E-state index contributed by atoms with van der Waals surface area (Å²) in [5.41, 5.74) is 1.58. The van der Waals surface area contributed by atoms with E-state index in [0.717, 1.165) is 10.9 Å². The van der Waals surface area contributed by atoms with Gasteiger partial charge in [-0.2, -0.15) is 0 Å². The van der Waals surface area contributed by atoms with Gasteiger partial charge in [-0.05, 0) is 49.7 Å². The molecule has 2 aromatic carbocycles. The zero-order valence-electron chi connectivity index (χ0n) is 15.3. The molecule has 142 valence electrons. The van der Waals surface area contributed by atoms with Crippen LogP contribution < -0.4 is 10.4 Å². The van der Waals surface area contributed by atoms with Crippen LogP contribution in [0.3, 0.4) is 0 Å². The molecule has 0 bridgehead atoms. The van der Waals surface area contributed by atoms with Gasteiger partial charge in [-0.15, -0.1) is 0 Å². The number of aromatic hydroxyl groups is 1. The zero-order chi connectivity index (χ0) is 19.8. The maximum absolute atomic E-state index is 11.9. The molecule has 6 heteroatoms. The Balaban J connectivity index is 1.65. The van der Waals surface area contributed by atoms with Crippen LogP contribution >= 0.6 is 11.6 Å². The molecule has 0 amide bonds. The van der Waals surface area contributed by atoms with Crippen LogP contribution in [-0.4, -0.2) is 5.11 Å². The third-order valence-electron chi connectivity index (χ3n) is 4.56. The van der Waals surface area contributed by atoms with E-state index in [1.165, 1.54) is 6.92 Å². The molecule has 28 heavy (non-hydrogen) atoms. The molecule has 5 nitrogen and oxygen atoms in total. The first-order chi connectivity index (χ1) is 13.4. The summed E-state index contributed by atoms with van der Waals surface area (Å²) in [6, 6.07) is 14.7. The standard InChI is InChI=1S/C22H17ClO5/c1-12-20(24)13(2)22(25)28-21(12)19-9-15-6-7-17(10-18(15)27-19)26-11-14-4-3-5-16(23)8-14/h3-10,24H,11H2,1-2H3. The number of hydrogen-bond acceptors (Lipinski definition) is 5. The van der Waals surface area contributed by atoms with Gasteiger partial charge in [-0.25, -0.2) is 4.79 Å². The summed E-state index contributed by atoms with van der Waals surface area (Å²) >= 11 is 5.99. The van der Waals surface area contributed by atoms with Gasteiger partial charge < -0.3 is 18.7 Å². The Morgan fingerprint density at radius 2 is 1.86 bits per heavy atom. The molecular formula is C22H17ClO5. The molecule has 0 aliphatic rings. The van der Waals surface area contributed by atoms with Gasteiger partial charge in [0.15, 0.2) is 11.5 Å². The second-order valence-electron chi connectivity index (χ2n) is 6.55. The zero-order valence-corrected chi connectivity index (χ0v) is 16.0. The molecule has 0 saturated carbocycles. The molecule has 4 rings (SSSR count). The number of fused-ring (bicyclic) bond motifs is 1. The first-order valence-corrected chi connectivity index (χ1v) is 9.04. The number of ether oxygens (including phenoxy) is 1. The molecule has 0 fully saturated rings. The van der Waals surface area contributed by atoms with Crippen LogP contribution in [-0.2, 0) is 6.61 Å². The van der Waals surface area contributed by atoms with Crippen molar-refractivity contribution in [3.63, 3.8) is 0 Å². The maximum Gasteiger partial charge on any atom is 0.343 e. The summed E-state index contributed by atoms with van der Waals surface area (Å²) in [6.07, 6.45) is 0. The molecule has 2 aromatic heterocycles. The highest BCUT2D eigenvalue weighted by Crippen LogP contribution is 2.34. The van der Waals surface area contributed by atoms with Crippen molar-refractivity contribution in [2.75, 3.05) is 0 Å². The number of benzene rings is 2. The van der Waals surface area contributed by atoms with Gasteiger partial charge in [0.05, 0.1) is 5.56 Å². The van der Waals surface area contributed by atoms with Crippen molar-refractivity contribution in [2.45, 2.75) is 20.5 Å². The molecule has 0 spiro atoms. The van der Waals surface area contributed by atoms with Gasteiger partial charge in [0.1, 0.15) is 23.7 Å². The van der Waals surface area contributed by atoms with Crippen LogP contribution in [0.25, 0.3) is 22.5 Å². The molecule has 0 radical (unpaired) electrons. The summed E-state index contributed by atoms with van der Waals surface area (Å²) in [5, 5.41) is 11.6. The second kappa shape index (κ2) is 7.09. The quantitative estimate of drug-likeness (QED) is 0.485. The van der Waals surface area contributed by atoms with Gasteiger partial charge in [0, 0.05) is 22.0 Å². The summed E-state index contributed by atoms with van der Waals surface area (Å²) in [6.45, 7) is 3.56. The Kier molecular flexibility index (Phi) is 4.61. The van der Waals surface area contributed by atoms with E-state index in [2.05, 4.69) is 0 Å². The fraction of sp³-hybridized carbons (Fsp3) is 0.136. The number of hydrogen-bond donors (Lipinski definition) is 1. The lowest BCUT2D eigenvalue weighted by Gasteiger charge is -2.06. The molecule has 1 N–H and O–H groups in total. The van der Waals surface area contributed by atoms with Gasteiger partial charge in [0.2, 0.25) is 0 Å². The fourth-order valence-corrected chi connectivity index (χ4v) is 3.19. The highest BCUT2D eigenvalue weighted by atomic mass is 35.5. The minimum atomic E-state index is -0.593. The molecular weight excluding hydrogens is 380 g/mol. The Labute approximate surface area is 165 Å². The van der Waals surface area contributed by atoms with Crippen molar-refractivity contribution in [1.82, 2.24) is 0 Å². The van der Waals surface area contributed by atoms with Crippen LogP contribution in [0.1, 0.15) is 16.7 Å². The lowest BCUT2D eigenvalue weighted by molar-refractivity contribution is 0.306. The van der Waals surface area contributed by atoms with E-state index in [1.807, 2.05) is 36.4 Å². The minimum absolute atomic E-state index is 0.0859. The lowest BCUT2D eigenvalue weighted by atomic mass is 10.1. The maximum atomic E-state index is 11.9. The molecule has 2 heterocycles. The van der Waals surface area contributed by atoms with Crippen LogP contribution in [0.4, 0.5) is 0 Å². The van der Waals surface area contributed by atoms with E-state index in [0.29, 0.717) is 34.3 Å². The number of rotatable bonds is 4. The molecule has 0 saturated heterocycles. The number of furan rings is 1. The molecule has 0 unspecified atom stereocenters. The van der Waals surface area contributed by atoms with E-state index in [1.54, 1.807) is 19.1 Å². The van der Waals surface area contributed by atoms with E-state index >= 15 is 0 Å². The molecule has 0 aliphatic heterocycles. The Morgan fingerprint density at radius 1 is 1.04 bits per heavy atom. The number of halogens is 1. The average Bonchev–Trinajstić information content (AvgIpc) is 3.10. The summed E-state index contributed by atoms with van der Waals surface area (Å²) in [5.74, 6) is 1.13. The third-order valence-corrected chi connectivity index (χ3v) is 4.80. The van der Waals surface area contributed by atoms with Crippen LogP contribution in [0.15, 0.2) is 62.2 Å². The Morgan fingerprint density at radius 3 is 2.64 bits per heavy atom. The fourth-order valence-electron chi connectivity index (χ4n) is 2.97. The van der Waals surface area contributed by atoms with Crippen LogP contribution in [0, 0.1) is 13.8 Å². The van der Waals surface area contributed by atoms with Gasteiger partial charge >= 0.3 is 5.63 Å². The van der Waals surface area contributed by atoms with Gasteiger partial charge in [0.25, 0.3) is 0 Å². The lowest BCUT2D eigenvalue weighted by Crippen LogP contribution is -2.05. The van der Waals surface area contributed by atoms with Gasteiger partial charge in [-0.1, -0.05) is 23.7 Å². The first-order valence-electron chi connectivity index (χ1n) is 8.67. The second-order valence-corrected chi connectivity index (χ2v) is 6.98. The highest BCUT2D eigenvalue weighted by Gasteiger charge is 2.18. The Bertz CT molecular complexity index is 1240. The van der Waals surface area contributed by atoms with E-state index in [4.69, 9.17) is 25.2 Å². The third kappa shape index (κ3) is 3.37. The van der Waals surface area contributed by atoms with Gasteiger partial charge in [-0.3, -0.25) is 0 Å².